The maximum absolute atomic E-state index is 9.56. The molecule has 0 aliphatic rings. The van der Waals surface area contributed by atoms with E-state index in [0.717, 1.165) is 16.8 Å². The second-order valence-electron chi connectivity index (χ2n) is 5.50. The van der Waals surface area contributed by atoms with Crippen molar-refractivity contribution < 1.29 is 0 Å². The van der Waals surface area contributed by atoms with E-state index in [0.29, 0.717) is 16.4 Å². The van der Waals surface area contributed by atoms with Gasteiger partial charge >= 0.3 is 0 Å². The molecule has 0 radical (unpaired) electrons. The molecule has 120 valence electrons. The summed E-state index contributed by atoms with van der Waals surface area (Å²) in [6.45, 7) is 0. The summed E-state index contributed by atoms with van der Waals surface area (Å²) in [6, 6.07) is 21.0. The highest BCUT2D eigenvalue weighted by Gasteiger charge is 2.18. The minimum Gasteiger partial charge on any atom is -0.382 e. The van der Waals surface area contributed by atoms with E-state index in [-0.39, 0.29) is 11.4 Å². The number of nitrogens with zero attached hydrogens (tertiary/aromatic N) is 4. The highest BCUT2D eigenvalue weighted by Crippen LogP contribution is 2.30. The fourth-order valence-corrected chi connectivity index (χ4v) is 2.88. The van der Waals surface area contributed by atoms with E-state index in [9.17, 15) is 5.26 Å². The molecule has 4 rings (SSSR count). The predicted octanol–water partition coefficient (Wildman–Crippen LogP) is 4.17. The lowest BCUT2D eigenvalue weighted by Crippen LogP contribution is -2.05. The highest BCUT2D eigenvalue weighted by atomic mass is 35.5. The van der Waals surface area contributed by atoms with Crippen LogP contribution in [0.4, 0.5) is 5.82 Å². The lowest BCUT2D eigenvalue weighted by Gasteiger charge is -2.09. The summed E-state index contributed by atoms with van der Waals surface area (Å²) in [7, 11) is 0. The van der Waals surface area contributed by atoms with Crippen LogP contribution in [0, 0.1) is 11.3 Å². The highest BCUT2D eigenvalue weighted by molar-refractivity contribution is 6.30. The standard InChI is InChI=1S/C19H12ClN5/c20-14-8-6-13(7-9-14)18-15(11-21)19(22)23-17-10-16(24-25(17)18)12-4-2-1-3-5-12/h1-10H,(H2,22,23). The molecule has 0 aliphatic heterocycles. The summed E-state index contributed by atoms with van der Waals surface area (Å²) in [4.78, 5) is 4.33. The lowest BCUT2D eigenvalue weighted by molar-refractivity contribution is 0.950. The molecule has 0 aliphatic carbocycles. The average Bonchev–Trinajstić information content (AvgIpc) is 3.05. The number of anilines is 1. The van der Waals surface area contributed by atoms with E-state index in [1.165, 1.54) is 0 Å². The third-order valence-electron chi connectivity index (χ3n) is 3.93. The van der Waals surface area contributed by atoms with Gasteiger partial charge in [0.15, 0.2) is 5.65 Å². The number of benzene rings is 2. The lowest BCUT2D eigenvalue weighted by atomic mass is 10.1. The first-order valence-corrected chi connectivity index (χ1v) is 7.96. The molecule has 0 amide bonds. The van der Waals surface area contributed by atoms with Gasteiger partial charge in [-0.05, 0) is 12.1 Å². The minimum absolute atomic E-state index is 0.180. The number of nitrogen functional groups attached to an aromatic ring is 1. The van der Waals surface area contributed by atoms with Gasteiger partial charge in [-0.15, -0.1) is 0 Å². The summed E-state index contributed by atoms with van der Waals surface area (Å²) in [5, 5.41) is 14.8. The van der Waals surface area contributed by atoms with E-state index < -0.39 is 0 Å². The molecular weight excluding hydrogens is 334 g/mol. The second-order valence-corrected chi connectivity index (χ2v) is 5.94. The third-order valence-corrected chi connectivity index (χ3v) is 4.18. The molecule has 2 heterocycles. The number of halogens is 1. The van der Waals surface area contributed by atoms with E-state index in [4.69, 9.17) is 17.3 Å². The fraction of sp³-hybridized carbons (Fsp3) is 0. The molecule has 0 spiro atoms. The van der Waals surface area contributed by atoms with Crippen molar-refractivity contribution in [3.63, 3.8) is 0 Å². The minimum atomic E-state index is 0.180. The molecule has 0 atom stereocenters. The van der Waals surface area contributed by atoms with Crippen molar-refractivity contribution in [1.29, 1.82) is 5.26 Å². The Balaban J connectivity index is 2.03. The zero-order chi connectivity index (χ0) is 17.4. The Morgan fingerprint density at radius 3 is 2.40 bits per heavy atom. The molecule has 6 heteroatoms. The molecule has 25 heavy (non-hydrogen) atoms. The van der Waals surface area contributed by atoms with Gasteiger partial charge in [-0.25, -0.2) is 9.50 Å². The van der Waals surface area contributed by atoms with Gasteiger partial charge in [0, 0.05) is 22.2 Å². The summed E-state index contributed by atoms with van der Waals surface area (Å²) >= 11 is 5.98. The number of aromatic nitrogens is 3. The van der Waals surface area contributed by atoms with Crippen LogP contribution < -0.4 is 5.73 Å². The summed E-state index contributed by atoms with van der Waals surface area (Å²) < 4.78 is 1.65. The van der Waals surface area contributed by atoms with E-state index in [2.05, 4.69) is 16.2 Å². The SMILES string of the molecule is N#Cc1c(N)nc2cc(-c3ccccc3)nn2c1-c1ccc(Cl)cc1. The van der Waals surface area contributed by atoms with E-state index in [1.54, 1.807) is 16.6 Å². The number of hydrogen-bond acceptors (Lipinski definition) is 4. The quantitative estimate of drug-likeness (QED) is 0.591. The Hall–Kier alpha value is -3.36. The number of fused-ring (bicyclic) bond motifs is 1. The fourth-order valence-electron chi connectivity index (χ4n) is 2.76. The van der Waals surface area contributed by atoms with Gasteiger partial charge in [-0.1, -0.05) is 54.1 Å². The Bertz CT molecular complexity index is 1110. The van der Waals surface area contributed by atoms with Crippen molar-refractivity contribution in [3.05, 3.63) is 71.2 Å². The topological polar surface area (TPSA) is 80.0 Å². The van der Waals surface area contributed by atoms with Crippen molar-refractivity contribution in [3.8, 4) is 28.6 Å². The first-order chi connectivity index (χ1) is 12.2. The van der Waals surface area contributed by atoms with Gasteiger partial charge in [-0.3, -0.25) is 0 Å². The smallest absolute Gasteiger partial charge is 0.158 e. The largest absolute Gasteiger partial charge is 0.382 e. The Morgan fingerprint density at radius 2 is 1.72 bits per heavy atom. The number of nitriles is 1. The molecule has 5 nitrogen and oxygen atoms in total. The summed E-state index contributed by atoms with van der Waals surface area (Å²) in [5.41, 5.74) is 10.0. The van der Waals surface area contributed by atoms with Crippen molar-refractivity contribution in [2.75, 3.05) is 5.73 Å². The summed E-state index contributed by atoms with van der Waals surface area (Å²) in [6.07, 6.45) is 0. The van der Waals surface area contributed by atoms with Gasteiger partial charge in [0.1, 0.15) is 17.5 Å². The van der Waals surface area contributed by atoms with Gasteiger partial charge in [0.25, 0.3) is 0 Å². The monoisotopic (exact) mass is 345 g/mol. The van der Waals surface area contributed by atoms with Crippen LogP contribution in [0.3, 0.4) is 0 Å². The number of rotatable bonds is 2. The molecule has 0 saturated heterocycles. The molecular formula is C19H12ClN5. The number of nitrogens with two attached hydrogens (primary N) is 1. The molecule has 4 aromatic rings. The maximum Gasteiger partial charge on any atom is 0.158 e. The van der Waals surface area contributed by atoms with Crippen molar-refractivity contribution in [1.82, 2.24) is 14.6 Å². The normalized spacial score (nSPS) is 10.7. The van der Waals surface area contributed by atoms with Gasteiger partial charge in [-0.2, -0.15) is 10.4 Å². The second kappa shape index (κ2) is 5.93. The van der Waals surface area contributed by atoms with Crippen molar-refractivity contribution in [2.45, 2.75) is 0 Å². The van der Waals surface area contributed by atoms with Crippen LogP contribution in [-0.2, 0) is 0 Å². The molecule has 2 aromatic carbocycles. The molecule has 2 aromatic heterocycles. The van der Waals surface area contributed by atoms with Crippen LogP contribution in [0.25, 0.3) is 28.2 Å². The number of hydrogen-bond donors (Lipinski definition) is 1. The maximum atomic E-state index is 9.56. The van der Waals surface area contributed by atoms with Gasteiger partial charge in [0.05, 0.1) is 11.4 Å². The van der Waals surface area contributed by atoms with Crippen molar-refractivity contribution in [2.24, 2.45) is 0 Å². The van der Waals surface area contributed by atoms with Crippen LogP contribution in [0.2, 0.25) is 5.02 Å². The van der Waals surface area contributed by atoms with Crippen LogP contribution in [0.5, 0.6) is 0 Å². The average molecular weight is 346 g/mol. The Morgan fingerprint density at radius 1 is 1.00 bits per heavy atom. The van der Waals surface area contributed by atoms with Crippen LogP contribution in [0.1, 0.15) is 5.56 Å². The van der Waals surface area contributed by atoms with Crippen LogP contribution in [-0.4, -0.2) is 14.6 Å². The molecule has 2 N–H and O–H groups in total. The Labute approximate surface area is 148 Å². The van der Waals surface area contributed by atoms with E-state index in [1.807, 2.05) is 48.5 Å². The molecule has 0 unspecified atom stereocenters. The zero-order valence-electron chi connectivity index (χ0n) is 13.0. The van der Waals surface area contributed by atoms with E-state index >= 15 is 0 Å². The van der Waals surface area contributed by atoms with Crippen molar-refractivity contribution >= 4 is 23.1 Å². The third kappa shape index (κ3) is 2.59. The predicted molar refractivity (Wildman–Crippen MR) is 98.0 cm³/mol. The molecule has 0 bridgehead atoms. The van der Waals surface area contributed by atoms with Crippen LogP contribution in [0.15, 0.2) is 60.7 Å². The molecule has 0 saturated carbocycles. The van der Waals surface area contributed by atoms with Gasteiger partial charge in [0.2, 0.25) is 0 Å². The zero-order valence-corrected chi connectivity index (χ0v) is 13.8. The Kier molecular flexibility index (Phi) is 3.60. The summed E-state index contributed by atoms with van der Waals surface area (Å²) in [5.74, 6) is 0.180. The van der Waals surface area contributed by atoms with Crippen LogP contribution >= 0.6 is 11.6 Å². The first kappa shape index (κ1) is 15.2. The first-order valence-electron chi connectivity index (χ1n) is 7.58. The van der Waals surface area contributed by atoms with Gasteiger partial charge < -0.3 is 5.73 Å². The molecule has 0 fully saturated rings.